The van der Waals surface area contributed by atoms with Crippen molar-refractivity contribution in [2.75, 3.05) is 22.0 Å². The van der Waals surface area contributed by atoms with Gasteiger partial charge in [-0.05, 0) is 66.3 Å². The van der Waals surface area contributed by atoms with Crippen LogP contribution in [-0.2, 0) is 18.5 Å². The Morgan fingerprint density at radius 2 is 1.53 bits per heavy atom. The predicted octanol–water partition coefficient (Wildman–Crippen LogP) is 6.17. The molecule has 0 saturated carbocycles. The number of halogens is 2. The molecule has 0 bridgehead atoms. The highest BCUT2D eigenvalue weighted by molar-refractivity contribution is 6.18. The highest BCUT2D eigenvalue weighted by Gasteiger charge is 2.44. The van der Waals surface area contributed by atoms with Crippen LogP contribution in [0.2, 0.25) is 0 Å². The molecule has 0 spiro atoms. The van der Waals surface area contributed by atoms with E-state index in [9.17, 15) is 4.79 Å². The van der Waals surface area contributed by atoms with Gasteiger partial charge in [-0.15, -0.1) is 23.2 Å². The maximum Gasteiger partial charge on any atom is 0.248 e. The molecule has 0 saturated heterocycles. The molecular weight excluding hydrogens is 441 g/mol. The summed E-state index contributed by atoms with van der Waals surface area (Å²) in [6.45, 7) is 2.16. The van der Waals surface area contributed by atoms with Gasteiger partial charge in [0.05, 0.1) is 11.4 Å². The maximum atomic E-state index is 11.8. The van der Waals surface area contributed by atoms with Gasteiger partial charge in [-0.1, -0.05) is 43.3 Å². The van der Waals surface area contributed by atoms with Gasteiger partial charge in [0.15, 0.2) is 0 Å². The number of primary amides is 1. The number of hydrogen-bond acceptors (Lipinski definition) is 3. The van der Waals surface area contributed by atoms with Gasteiger partial charge in [-0.3, -0.25) is 4.79 Å². The van der Waals surface area contributed by atoms with Crippen LogP contribution in [0.15, 0.2) is 66.7 Å². The van der Waals surface area contributed by atoms with Gasteiger partial charge < -0.3 is 16.0 Å². The van der Waals surface area contributed by atoms with E-state index in [1.165, 1.54) is 11.1 Å². The Labute approximate surface area is 199 Å². The van der Waals surface area contributed by atoms with Crippen LogP contribution in [0.25, 0.3) is 0 Å². The van der Waals surface area contributed by atoms with Crippen LogP contribution in [-0.4, -0.2) is 17.7 Å². The molecule has 32 heavy (non-hydrogen) atoms. The number of carbonyl (C=O) groups excluding carboxylic acids is 1. The van der Waals surface area contributed by atoms with Crippen LogP contribution in [0.3, 0.4) is 0 Å². The van der Waals surface area contributed by atoms with E-state index in [2.05, 4.69) is 65.7 Å². The Morgan fingerprint density at radius 3 is 2.06 bits per heavy atom. The van der Waals surface area contributed by atoms with Crippen molar-refractivity contribution in [1.82, 2.24) is 0 Å². The fourth-order valence-electron chi connectivity index (χ4n) is 4.46. The van der Waals surface area contributed by atoms with Crippen molar-refractivity contribution in [3.05, 3.63) is 89.0 Å². The highest BCUT2D eigenvalue weighted by atomic mass is 35.5. The molecule has 1 atom stereocenters. The smallest absolute Gasteiger partial charge is 0.248 e. The zero-order chi connectivity index (χ0) is 22.7. The molecule has 4 nitrogen and oxygen atoms in total. The van der Waals surface area contributed by atoms with Gasteiger partial charge in [-0.2, -0.15) is 0 Å². The fraction of sp³-hybridized carbons (Fsp3) is 0.269. The number of hydrogen-bond donors (Lipinski definition) is 2. The molecule has 1 aliphatic heterocycles. The highest BCUT2D eigenvalue weighted by Crippen LogP contribution is 2.51. The second-order valence-electron chi connectivity index (χ2n) is 8.01. The van der Waals surface area contributed by atoms with Crippen molar-refractivity contribution in [2.24, 2.45) is 5.73 Å². The molecule has 6 heteroatoms. The molecule has 3 aromatic carbocycles. The third-order valence-electron chi connectivity index (χ3n) is 6.15. The molecule has 0 aliphatic carbocycles. The standard InChI is InChI=1S/C26H27Cl2N3O/c1-2-26(21-8-3-18(4-9-21)13-15-27)30-23-17-20(25(29)32)7-12-24(23)31(26)22-10-5-19(6-11-22)14-16-28/h3-12,17,30H,2,13-16H2,1H3,(H2,29,32). The summed E-state index contributed by atoms with van der Waals surface area (Å²) in [5.74, 6) is 0.751. The van der Waals surface area contributed by atoms with E-state index in [4.69, 9.17) is 28.9 Å². The number of nitrogens with zero attached hydrogens (tertiary/aromatic N) is 1. The third-order valence-corrected chi connectivity index (χ3v) is 6.53. The second kappa shape index (κ2) is 9.43. The Morgan fingerprint density at radius 1 is 0.938 bits per heavy atom. The van der Waals surface area contributed by atoms with Gasteiger partial charge in [0.25, 0.3) is 0 Å². The third kappa shape index (κ3) is 4.05. The van der Waals surface area contributed by atoms with Gasteiger partial charge in [0.2, 0.25) is 5.91 Å². The maximum absolute atomic E-state index is 11.8. The Balaban J connectivity index is 1.85. The number of benzene rings is 3. The van der Waals surface area contributed by atoms with E-state index < -0.39 is 11.6 Å². The minimum absolute atomic E-state index is 0.439. The molecule has 1 aliphatic rings. The molecule has 0 fully saturated rings. The number of alkyl halides is 2. The molecule has 4 rings (SSSR count). The Hall–Kier alpha value is -2.69. The summed E-state index contributed by atoms with van der Waals surface area (Å²) in [5, 5.41) is 3.72. The van der Waals surface area contributed by atoms with Crippen LogP contribution in [0.1, 0.15) is 40.4 Å². The number of anilines is 3. The van der Waals surface area contributed by atoms with E-state index in [0.29, 0.717) is 17.3 Å². The van der Waals surface area contributed by atoms with Crippen LogP contribution >= 0.6 is 23.2 Å². The topological polar surface area (TPSA) is 58.4 Å². The molecule has 1 heterocycles. The van der Waals surface area contributed by atoms with Gasteiger partial charge in [0, 0.05) is 23.0 Å². The first-order valence-electron chi connectivity index (χ1n) is 10.8. The normalized spacial score (nSPS) is 17.2. The zero-order valence-electron chi connectivity index (χ0n) is 18.1. The average Bonchev–Trinajstić information content (AvgIpc) is 3.15. The summed E-state index contributed by atoms with van der Waals surface area (Å²) in [4.78, 5) is 14.1. The van der Waals surface area contributed by atoms with E-state index in [1.54, 1.807) is 6.07 Å². The van der Waals surface area contributed by atoms with Crippen LogP contribution < -0.4 is 16.0 Å². The second-order valence-corrected chi connectivity index (χ2v) is 8.77. The molecule has 1 unspecified atom stereocenters. The summed E-state index contributed by atoms with van der Waals surface area (Å²) in [7, 11) is 0. The number of rotatable bonds is 8. The summed E-state index contributed by atoms with van der Waals surface area (Å²) < 4.78 is 0. The van der Waals surface area contributed by atoms with E-state index >= 15 is 0 Å². The van der Waals surface area contributed by atoms with Crippen molar-refractivity contribution in [2.45, 2.75) is 31.8 Å². The monoisotopic (exact) mass is 467 g/mol. The first kappa shape index (κ1) is 22.5. The first-order valence-corrected chi connectivity index (χ1v) is 11.9. The SMILES string of the molecule is CCC1(c2ccc(CCCl)cc2)Nc2cc(C(N)=O)ccc2N1c1ccc(CCCl)cc1. The number of amides is 1. The average molecular weight is 468 g/mol. The van der Waals surface area contributed by atoms with E-state index in [0.717, 1.165) is 41.9 Å². The summed E-state index contributed by atoms with van der Waals surface area (Å²) in [6.07, 6.45) is 2.47. The lowest BCUT2D eigenvalue weighted by molar-refractivity contribution is 0.100. The van der Waals surface area contributed by atoms with Gasteiger partial charge in [0.1, 0.15) is 5.66 Å². The predicted molar refractivity (Wildman–Crippen MR) is 134 cm³/mol. The summed E-state index contributed by atoms with van der Waals surface area (Å²) in [5.41, 5.74) is 12.0. The molecule has 3 N–H and O–H groups in total. The van der Waals surface area contributed by atoms with E-state index in [1.807, 2.05) is 12.1 Å². The largest absolute Gasteiger partial charge is 0.366 e. The number of aryl methyl sites for hydroxylation is 2. The molecule has 3 aromatic rings. The van der Waals surface area contributed by atoms with Crippen LogP contribution in [0, 0.1) is 0 Å². The van der Waals surface area contributed by atoms with Crippen molar-refractivity contribution >= 4 is 46.2 Å². The van der Waals surface area contributed by atoms with Crippen LogP contribution in [0.4, 0.5) is 17.1 Å². The number of fused-ring (bicyclic) bond motifs is 1. The van der Waals surface area contributed by atoms with Crippen molar-refractivity contribution < 1.29 is 4.79 Å². The number of nitrogens with one attached hydrogen (secondary N) is 1. The number of carbonyl (C=O) groups is 1. The Kier molecular flexibility index (Phi) is 6.63. The molecule has 0 radical (unpaired) electrons. The lowest BCUT2D eigenvalue weighted by Crippen LogP contribution is -2.45. The first-order chi connectivity index (χ1) is 15.5. The van der Waals surface area contributed by atoms with Crippen molar-refractivity contribution in [1.29, 1.82) is 0 Å². The molecule has 1 amide bonds. The summed E-state index contributed by atoms with van der Waals surface area (Å²) >= 11 is 11.9. The van der Waals surface area contributed by atoms with E-state index in [-0.39, 0.29) is 0 Å². The minimum atomic E-state index is -0.508. The molecule has 0 aromatic heterocycles. The molecule has 166 valence electrons. The van der Waals surface area contributed by atoms with Gasteiger partial charge in [-0.25, -0.2) is 0 Å². The lowest BCUT2D eigenvalue weighted by atomic mass is 9.93. The fourth-order valence-corrected chi connectivity index (χ4v) is 4.89. The zero-order valence-corrected chi connectivity index (χ0v) is 19.6. The summed E-state index contributed by atoms with van der Waals surface area (Å²) in [6, 6.07) is 22.7. The van der Waals surface area contributed by atoms with Crippen molar-refractivity contribution in [3.63, 3.8) is 0 Å². The molecular formula is C26H27Cl2N3O. The minimum Gasteiger partial charge on any atom is -0.366 e. The van der Waals surface area contributed by atoms with Crippen molar-refractivity contribution in [3.8, 4) is 0 Å². The van der Waals surface area contributed by atoms with Crippen LogP contribution in [0.5, 0.6) is 0 Å². The number of nitrogens with two attached hydrogens (primary N) is 1. The quantitative estimate of drug-likeness (QED) is 0.389. The Bertz CT molecular complexity index is 1100. The van der Waals surface area contributed by atoms with Gasteiger partial charge >= 0.3 is 0 Å². The lowest BCUT2D eigenvalue weighted by Gasteiger charge is -2.40.